The number of aliphatic carboxylic acids is 1. The molecule has 1 aromatic heterocycles. The average Bonchev–Trinajstić information content (AvgIpc) is 2.85. The Morgan fingerprint density at radius 1 is 1.42 bits per heavy atom. The summed E-state index contributed by atoms with van der Waals surface area (Å²) in [5.74, 6) is 0.755. The highest BCUT2D eigenvalue weighted by Crippen LogP contribution is 2.26. The number of nitrogens with zero attached hydrogens (tertiary/aromatic N) is 3. The zero-order valence-electron chi connectivity index (χ0n) is 11.0. The van der Waals surface area contributed by atoms with Crippen LogP contribution in [-0.2, 0) is 4.79 Å². The zero-order chi connectivity index (χ0) is 13.8. The van der Waals surface area contributed by atoms with Gasteiger partial charge in [-0.2, -0.15) is 9.97 Å². The van der Waals surface area contributed by atoms with Gasteiger partial charge in [0.1, 0.15) is 0 Å². The van der Waals surface area contributed by atoms with Crippen molar-refractivity contribution in [3.05, 3.63) is 6.07 Å². The molecule has 19 heavy (non-hydrogen) atoms. The van der Waals surface area contributed by atoms with Crippen LogP contribution in [-0.4, -0.2) is 48.4 Å². The fourth-order valence-corrected chi connectivity index (χ4v) is 2.17. The van der Waals surface area contributed by atoms with Gasteiger partial charge in [0.05, 0.1) is 20.3 Å². The highest BCUT2D eigenvalue weighted by atomic mass is 16.5. The Bertz CT molecular complexity index is 444. The van der Waals surface area contributed by atoms with Crippen molar-refractivity contribution >= 4 is 11.9 Å². The van der Waals surface area contributed by atoms with E-state index in [0.717, 1.165) is 13.0 Å². The lowest BCUT2D eigenvalue weighted by Gasteiger charge is -2.17. The van der Waals surface area contributed by atoms with Crippen LogP contribution in [0.15, 0.2) is 6.07 Å². The highest BCUT2D eigenvalue weighted by molar-refractivity contribution is 5.67. The molecule has 1 saturated heterocycles. The van der Waals surface area contributed by atoms with Crippen molar-refractivity contribution in [2.45, 2.75) is 12.8 Å². The summed E-state index contributed by atoms with van der Waals surface area (Å²) in [6.07, 6.45) is 1.01. The SMILES string of the molecule is COc1cc(OC)nc(N2CCC(CC(=O)O)C2)n1. The predicted molar refractivity (Wildman–Crippen MR) is 67.7 cm³/mol. The topological polar surface area (TPSA) is 84.8 Å². The van der Waals surface area contributed by atoms with Gasteiger partial charge in [0.15, 0.2) is 0 Å². The molecule has 1 aliphatic rings. The minimum Gasteiger partial charge on any atom is -0.481 e. The summed E-state index contributed by atoms with van der Waals surface area (Å²) >= 11 is 0. The molecule has 1 atom stereocenters. The lowest BCUT2D eigenvalue weighted by atomic mass is 10.1. The molecule has 1 unspecified atom stereocenters. The van der Waals surface area contributed by atoms with Crippen molar-refractivity contribution in [3.63, 3.8) is 0 Å². The first-order chi connectivity index (χ1) is 9.12. The van der Waals surface area contributed by atoms with Crippen molar-refractivity contribution in [1.29, 1.82) is 0 Å². The molecule has 104 valence electrons. The predicted octanol–water partition coefficient (Wildman–Crippen LogP) is 0.795. The minimum atomic E-state index is -0.768. The third kappa shape index (κ3) is 3.24. The monoisotopic (exact) mass is 267 g/mol. The second-order valence-corrected chi connectivity index (χ2v) is 4.45. The van der Waals surface area contributed by atoms with Crippen LogP contribution in [0.5, 0.6) is 11.8 Å². The van der Waals surface area contributed by atoms with E-state index in [1.54, 1.807) is 6.07 Å². The second kappa shape index (κ2) is 5.73. The summed E-state index contributed by atoms with van der Waals surface area (Å²) < 4.78 is 10.2. The number of ether oxygens (including phenoxy) is 2. The average molecular weight is 267 g/mol. The normalized spacial score (nSPS) is 18.4. The van der Waals surface area contributed by atoms with Crippen molar-refractivity contribution in [1.82, 2.24) is 9.97 Å². The molecule has 7 heteroatoms. The third-order valence-corrected chi connectivity index (χ3v) is 3.12. The van der Waals surface area contributed by atoms with E-state index in [9.17, 15) is 4.79 Å². The lowest BCUT2D eigenvalue weighted by Crippen LogP contribution is -2.23. The molecule has 2 rings (SSSR count). The van der Waals surface area contributed by atoms with Gasteiger partial charge in [-0.3, -0.25) is 4.79 Å². The number of carbonyl (C=O) groups is 1. The van der Waals surface area contributed by atoms with Crippen molar-refractivity contribution in [3.8, 4) is 11.8 Å². The van der Waals surface area contributed by atoms with Crippen LogP contribution in [0.3, 0.4) is 0 Å². The fourth-order valence-electron chi connectivity index (χ4n) is 2.17. The standard InChI is InChI=1S/C12H17N3O4/c1-18-9-6-10(19-2)14-12(13-9)15-4-3-8(7-15)5-11(16)17/h6,8H,3-5,7H2,1-2H3,(H,16,17). The first-order valence-corrected chi connectivity index (χ1v) is 6.06. The maximum atomic E-state index is 10.7. The van der Waals surface area contributed by atoms with Crippen molar-refractivity contribution in [2.24, 2.45) is 5.92 Å². The molecule has 0 radical (unpaired) electrons. The smallest absolute Gasteiger partial charge is 0.303 e. The number of methoxy groups -OCH3 is 2. The molecule has 0 aliphatic carbocycles. The molecule has 0 saturated carbocycles. The van der Waals surface area contributed by atoms with E-state index in [1.807, 2.05) is 4.90 Å². The molecular weight excluding hydrogens is 250 g/mol. The van der Waals surface area contributed by atoms with Gasteiger partial charge in [0.2, 0.25) is 17.7 Å². The number of carboxylic acids is 1. The van der Waals surface area contributed by atoms with E-state index in [0.29, 0.717) is 24.3 Å². The first-order valence-electron chi connectivity index (χ1n) is 6.06. The van der Waals surface area contributed by atoms with E-state index < -0.39 is 5.97 Å². The van der Waals surface area contributed by atoms with Crippen molar-refractivity contribution < 1.29 is 19.4 Å². The van der Waals surface area contributed by atoms with E-state index in [2.05, 4.69) is 9.97 Å². The van der Waals surface area contributed by atoms with Gasteiger partial charge in [0, 0.05) is 19.5 Å². The molecule has 7 nitrogen and oxygen atoms in total. The van der Waals surface area contributed by atoms with Crippen LogP contribution < -0.4 is 14.4 Å². The van der Waals surface area contributed by atoms with Gasteiger partial charge in [0.25, 0.3) is 0 Å². The molecule has 0 spiro atoms. The molecule has 2 heterocycles. The molecular formula is C12H17N3O4. The van der Waals surface area contributed by atoms with E-state index >= 15 is 0 Å². The Balaban J connectivity index is 2.12. The molecule has 1 aromatic rings. The Kier molecular flexibility index (Phi) is 4.03. The molecule has 0 bridgehead atoms. The van der Waals surface area contributed by atoms with E-state index in [4.69, 9.17) is 14.6 Å². The van der Waals surface area contributed by atoms with Gasteiger partial charge < -0.3 is 19.5 Å². The number of carboxylic acid groups (broad SMARTS) is 1. The Hall–Kier alpha value is -2.05. The minimum absolute atomic E-state index is 0.137. The number of hydrogen-bond donors (Lipinski definition) is 1. The molecule has 1 aliphatic heterocycles. The third-order valence-electron chi connectivity index (χ3n) is 3.12. The maximum absolute atomic E-state index is 10.7. The zero-order valence-corrected chi connectivity index (χ0v) is 11.0. The van der Waals surface area contributed by atoms with E-state index in [-0.39, 0.29) is 12.3 Å². The van der Waals surface area contributed by atoms with Crippen LogP contribution >= 0.6 is 0 Å². The van der Waals surface area contributed by atoms with Gasteiger partial charge >= 0.3 is 5.97 Å². The quantitative estimate of drug-likeness (QED) is 0.844. The van der Waals surface area contributed by atoms with Gasteiger partial charge in [-0.25, -0.2) is 0 Å². The summed E-state index contributed by atoms with van der Waals surface area (Å²) in [4.78, 5) is 21.2. The van der Waals surface area contributed by atoms with Gasteiger partial charge in [-0.15, -0.1) is 0 Å². The van der Waals surface area contributed by atoms with Crippen LogP contribution in [0.25, 0.3) is 0 Å². The van der Waals surface area contributed by atoms with Crippen molar-refractivity contribution in [2.75, 3.05) is 32.2 Å². The number of rotatable bonds is 5. The maximum Gasteiger partial charge on any atom is 0.303 e. The Morgan fingerprint density at radius 3 is 2.58 bits per heavy atom. The second-order valence-electron chi connectivity index (χ2n) is 4.45. The summed E-state index contributed by atoms with van der Waals surface area (Å²) in [5.41, 5.74) is 0. The van der Waals surface area contributed by atoms with Crippen LogP contribution in [0, 0.1) is 5.92 Å². The Labute approximate surface area is 111 Å². The van der Waals surface area contributed by atoms with Crippen LogP contribution in [0.4, 0.5) is 5.95 Å². The lowest BCUT2D eigenvalue weighted by molar-refractivity contribution is -0.137. The largest absolute Gasteiger partial charge is 0.481 e. The summed E-state index contributed by atoms with van der Waals surface area (Å²) in [5, 5.41) is 8.81. The highest BCUT2D eigenvalue weighted by Gasteiger charge is 2.26. The molecule has 0 amide bonds. The Morgan fingerprint density at radius 2 is 2.05 bits per heavy atom. The number of hydrogen-bond acceptors (Lipinski definition) is 6. The molecule has 1 N–H and O–H groups in total. The molecule has 0 aromatic carbocycles. The summed E-state index contributed by atoms with van der Waals surface area (Å²) in [6, 6.07) is 1.61. The fraction of sp³-hybridized carbons (Fsp3) is 0.583. The van der Waals surface area contributed by atoms with Crippen LogP contribution in [0.2, 0.25) is 0 Å². The first kappa shape index (κ1) is 13.4. The summed E-state index contributed by atoms with van der Waals surface area (Å²) in [7, 11) is 3.06. The summed E-state index contributed by atoms with van der Waals surface area (Å²) in [6.45, 7) is 1.39. The van der Waals surface area contributed by atoms with Crippen LogP contribution in [0.1, 0.15) is 12.8 Å². The number of aromatic nitrogens is 2. The van der Waals surface area contributed by atoms with Gasteiger partial charge in [-0.05, 0) is 12.3 Å². The molecule has 1 fully saturated rings. The van der Waals surface area contributed by atoms with E-state index in [1.165, 1.54) is 14.2 Å². The number of anilines is 1. The van der Waals surface area contributed by atoms with Gasteiger partial charge in [-0.1, -0.05) is 0 Å².